The third-order valence-electron chi connectivity index (χ3n) is 4.44. The number of ether oxygens (including phenoxy) is 1. The Morgan fingerprint density at radius 3 is 2.29 bits per heavy atom. The molecule has 7 nitrogen and oxygen atoms in total. The predicted molar refractivity (Wildman–Crippen MR) is 108 cm³/mol. The number of methoxy groups -OCH3 is 1. The van der Waals surface area contributed by atoms with Crippen molar-refractivity contribution >= 4 is 46.4 Å². The van der Waals surface area contributed by atoms with Crippen LogP contribution in [-0.4, -0.2) is 31.4 Å². The van der Waals surface area contributed by atoms with E-state index in [0.717, 1.165) is 12.0 Å². The predicted octanol–water partition coefficient (Wildman–Crippen LogP) is 3.36. The van der Waals surface area contributed by atoms with Gasteiger partial charge in [-0.15, -0.1) is 0 Å². The van der Waals surface area contributed by atoms with Gasteiger partial charge >= 0.3 is 11.8 Å². The summed E-state index contributed by atoms with van der Waals surface area (Å²) in [6.07, 6.45) is 1.30. The maximum absolute atomic E-state index is 12.2. The lowest BCUT2D eigenvalue weighted by Crippen LogP contribution is -2.29. The molecule has 8 heteroatoms. The van der Waals surface area contributed by atoms with Crippen molar-refractivity contribution in [2.45, 2.75) is 19.8 Å². The van der Waals surface area contributed by atoms with Crippen LogP contribution < -0.4 is 20.3 Å². The molecule has 0 bridgehead atoms. The van der Waals surface area contributed by atoms with Crippen LogP contribution in [0.15, 0.2) is 36.4 Å². The zero-order valence-electron chi connectivity index (χ0n) is 15.5. The van der Waals surface area contributed by atoms with E-state index in [0.29, 0.717) is 40.8 Å². The first-order chi connectivity index (χ1) is 13.4. The normalized spacial score (nSPS) is 13.4. The number of rotatable bonds is 4. The molecule has 146 valence electrons. The van der Waals surface area contributed by atoms with Crippen LogP contribution in [-0.2, 0) is 14.4 Å². The van der Waals surface area contributed by atoms with Crippen molar-refractivity contribution in [3.05, 3.63) is 47.0 Å². The van der Waals surface area contributed by atoms with Crippen LogP contribution in [0, 0.1) is 6.92 Å². The molecule has 2 aromatic rings. The molecular weight excluding hydrogens is 382 g/mol. The Morgan fingerprint density at radius 1 is 1.07 bits per heavy atom. The summed E-state index contributed by atoms with van der Waals surface area (Å²) in [6, 6.07) is 9.88. The number of benzene rings is 2. The number of nitrogens with one attached hydrogen (secondary N) is 2. The van der Waals surface area contributed by atoms with Crippen molar-refractivity contribution in [1.82, 2.24) is 0 Å². The second-order valence-electron chi connectivity index (χ2n) is 6.41. The number of hydrogen-bond donors (Lipinski definition) is 2. The second kappa shape index (κ2) is 8.31. The van der Waals surface area contributed by atoms with Crippen LogP contribution in [0.1, 0.15) is 18.4 Å². The molecule has 1 fully saturated rings. The fraction of sp³-hybridized carbons (Fsp3) is 0.250. The van der Waals surface area contributed by atoms with E-state index in [2.05, 4.69) is 10.6 Å². The summed E-state index contributed by atoms with van der Waals surface area (Å²) in [5.74, 6) is -1.17. The molecule has 1 saturated heterocycles. The first-order valence-electron chi connectivity index (χ1n) is 8.76. The van der Waals surface area contributed by atoms with Crippen molar-refractivity contribution in [2.24, 2.45) is 0 Å². The van der Waals surface area contributed by atoms with Crippen molar-refractivity contribution in [3.63, 3.8) is 0 Å². The SMILES string of the molecule is COc1cc(NC(=O)C(=O)Nc2ccc(C)c(Cl)c2)ccc1N1CCCC1=O. The fourth-order valence-electron chi connectivity index (χ4n) is 2.93. The van der Waals surface area contributed by atoms with Crippen LogP contribution in [0.3, 0.4) is 0 Å². The van der Waals surface area contributed by atoms with Gasteiger partial charge in [-0.2, -0.15) is 0 Å². The minimum Gasteiger partial charge on any atom is -0.494 e. The number of carbonyl (C=O) groups is 3. The fourth-order valence-corrected chi connectivity index (χ4v) is 3.11. The quantitative estimate of drug-likeness (QED) is 0.769. The number of halogens is 1. The van der Waals surface area contributed by atoms with Crippen molar-refractivity contribution in [2.75, 3.05) is 29.2 Å². The molecule has 0 aliphatic carbocycles. The number of carbonyl (C=O) groups excluding carboxylic acids is 3. The van der Waals surface area contributed by atoms with Gasteiger partial charge in [-0.05, 0) is 43.2 Å². The zero-order chi connectivity index (χ0) is 20.3. The van der Waals surface area contributed by atoms with E-state index >= 15 is 0 Å². The second-order valence-corrected chi connectivity index (χ2v) is 6.81. The summed E-state index contributed by atoms with van der Waals surface area (Å²) in [4.78, 5) is 37.9. The Kier molecular flexibility index (Phi) is 5.84. The van der Waals surface area contributed by atoms with Crippen LogP contribution in [0.4, 0.5) is 17.1 Å². The van der Waals surface area contributed by atoms with Gasteiger partial charge in [0.15, 0.2) is 0 Å². The lowest BCUT2D eigenvalue weighted by Gasteiger charge is -2.19. The summed E-state index contributed by atoms with van der Waals surface area (Å²) < 4.78 is 5.35. The molecule has 1 aliphatic heterocycles. The lowest BCUT2D eigenvalue weighted by molar-refractivity contribution is -0.132. The van der Waals surface area contributed by atoms with Crippen molar-refractivity contribution in [1.29, 1.82) is 0 Å². The molecule has 1 heterocycles. The summed E-state index contributed by atoms with van der Waals surface area (Å²) in [6.45, 7) is 2.47. The topological polar surface area (TPSA) is 87.7 Å². The third kappa shape index (κ3) is 4.26. The average Bonchev–Trinajstić information content (AvgIpc) is 3.10. The molecule has 3 rings (SSSR count). The molecule has 28 heavy (non-hydrogen) atoms. The largest absolute Gasteiger partial charge is 0.494 e. The molecule has 0 unspecified atom stereocenters. The summed E-state index contributed by atoms with van der Waals surface area (Å²) >= 11 is 6.03. The number of hydrogen-bond acceptors (Lipinski definition) is 4. The standard InChI is InChI=1S/C20H20ClN3O4/c1-12-5-6-13(10-15(12)21)22-19(26)20(27)23-14-7-8-16(17(11-14)28-2)24-9-3-4-18(24)25/h5-8,10-11H,3-4,9H2,1-2H3,(H,22,26)(H,23,27). The van der Waals surface area contributed by atoms with Gasteiger partial charge in [-0.25, -0.2) is 0 Å². The molecule has 0 spiro atoms. The van der Waals surface area contributed by atoms with Crippen LogP contribution in [0.25, 0.3) is 0 Å². The zero-order valence-corrected chi connectivity index (χ0v) is 16.3. The molecule has 0 saturated carbocycles. The number of amides is 3. The minimum atomic E-state index is -0.830. The first kappa shape index (κ1) is 19.7. The Bertz CT molecular complexity index is 945. The van der Waals surface area contributed by atoms with Gasteiger partial charge in [0.25, 0.3) is 0 Å². The maximum Gasteiger partial charge on any atom is 0.314 e. The van der Waals surface area contributed by atoms with Gasteiger partial charge < -0.3 is 20.3 Å². The highest BCUT2D eigenvalue weighted by Gasteiger charge is 2.25. The Morgan fingerprint density at radius 2 is 1.71 bits per heavy atom. The van der Waals surface area contributed by atoms with Crippen LogP contribution in [0.5, 0.6) is 5.75 Å². The van der Waals surface area contributed by atoms with Gasteiger partial charge in [0.2, 0.25) is 5.91 Å². The van der Waals surface area contributed by atoms with Gasteiger partial charge in [-0.1, -0.05) is 17.7 Å². The van der Waals surface area contributed by atoms with E-state index in [1.54, 1.807) is 41.3 Å². The molecule has 1 aliphatic rings. The minimum absolute atomic E-state index is 0.0335. The van der Waals surface area contributed by atoms with Gasteiger partial charge in [-0.3, -0.25) is 14.4 Å². The van der Waals surface area contributed by atoms with E-state index in [-0.39, 0.29) is 5.91 Å². The molecule has 0 atom stereocenters. The van der Waals surface area contributed by atoms with Crippen LogP contribution >= 0.6 is 11.6 Å². The highest BCUT2D eigenvalue weighted by molar-refractivity contribution is 6.43. The van der Waals surface area contributed by atoms with Gasteiger partial charge in [0.05, 0.1) is 12.8 Å². The number of anilines is 3. The number of nitrogens with zero attached hydrogens (tertiary/aromatic N) is 1. The molecule has 0 aromatic heterocycles. The van der Waals surface area contributed by atoms with E-state index in [1.165, 1.54) is 7.11 Å². The van der Waals surface area contributed by atoms with E-state index < -0.39 is 11.8 Å². The van der Waals surface area contributed by atoms with Crippen LogP contribution in [0.2, 0.25) is 5.02 Å². The highest BCUT2D eigenvalue weighted by Crippen LogP contribution is 2.33. The Labute approximate surface area is 167 Å². The molecule has 3 amide bonds. The summed E-state index contributed by atoms with van der Waals surface area (Å²) in [7, 11) is 1.48. The monoisotopic (exact) mass is 401 g/mol. The molecule has 0 radical (unpaired) electrons. The first-order valence-corrected chi connectivity index (χ1v) is 9.13. The molecular formula is C20H20ClN3O4. The van der Waals surface area contributed by atoms with E-state index in [4.69, 9.17) is 16.3 Å². The average molecular weight is 402 g/mol. The van der Waals surface area contributed by atoms with Crippen molar-refractivity contribution < 1.29 is 19.1 Å². The van der Waals surface area contributed by atoms with Gasteiger partial charge in [0, 0.05) is 35.4 Å². The van der Waals surface area contributed by atoms with E-state index in [9.17, 15) is 14.4 Å². The summed E-state index contributed by atoms with van der Waals surface area (Å²) in [5.41, 5.74) is 2.32. The Hall–Kier alpha value is -3.06. The summed E-state index contributed by atoms with van der Waals surface area (Å²) in [5, 5.41) is 5.52. The van der Waals surface area contributed by atoms with Gasteiger partial charge in [0.1, 0.15) is 5.75 Å². The van der Waals surface area contributed by atoms with Crippen molar-refractivity contribution in [3.8, 4) is 5.75 Å². The number of aryl methyl sites for hydroxylation is 1. The molecule has 2 N–H and O–H groups in total. The smallest absolute Gasteiger partial charge is 0.314 e. The maximum atomic E-state index is 12.2. The van der Waals surface area contributed by atoms with E-state index in [1.807, 2.05) is 6.92 Å². The highest BCUT2D eigenvalue weighted by atomic mass is 35.5. The molecule has 2 aromatic carbocycles. The lowest BCUT2D eigenvalue weighted by atomic mass is 10.2. The Balaban J connectivity index is 1.70. The third-order valence-corrected chi connectivity index (χ3v) is 4.84.